The maximum absolute atomic E-state index is 12.2. The van der Waals surface area contributed by atoms with Crippen LogP contribution in [0.2, 0.25) is 0 Å². The summed E-state index contributed by atoms with van der Waals surface area (Å²) in [6.45, 7) is -0.185. The summed E-state index contributed by atoms with van der Waals surface area (Å²) in [6.07, 6.45) is 5.84. The van der Waals surface area contributed by atoms with Crippen LogP contribution in [0.15, 0.2) is 41.2 Å². The van der Waals surface area contributed by atoms with E-state index in [4.69, 9.17) is 5.26 Å². The molecule has 0 saturated heterocycles. The summed E-state index contributed by atoms with van der Waals surface area (Å²) in [5.41, 5.74) is 0.635. The zero-order valence-corrected chi connectivity index (χ0v) is 14.4. The normalized spacial score (nSPS) is 14.4. The zero-order valence-electron chi connectivity index (χ0n) is 14.4. The average molecular weight is 351 g/mol. The largest absolute Gasteiger partial charge is 0.366 e. The minimum atomic E-state index is -0.371. The number of benzene rings is 1. The Labute approximate surface area is 151 Å². The van der Waals surface area contributed by atoms with Crippen LogP contribution in [0.1, 0.15) is 37.7 Å². The van der Waals surface area contributed by atoms with Crippen LogP contribution >= 0.6 is 0 Å². The minimum absolute atomic E-state index is 0.185. The van der Waals surface area contributed by atoms with E-state index in [0.717, 1.165) is 17.5 Å². The molecule has 26 heavy (non-hydrogen) atoms. The van der Waals surface area contributed by atoms with Crippen molar-refractivity contribution in [1.82, 2.24) is 9.78 Å². The summed E-state index contributed by atoms with van der Waals surface area (Å²) in [7, 11) is 0. The smallest absolute Gasteiger partial charge is 0.267 e. The van der Waals surface area contributed by atoms with Crippen LogP contribution in [0.5, 0.6) is 0 Å². The predicted molar refractivity (Wildman–Crippen MR) is 98.8 cm³/mol. The van der Waals surface area contributed by atoms with Crippen LogP contribution in [0.4, 0.5) is 11.5 Å². The Morgan fingerprint density at radius 1 is 1.23 bits per heavy atom. The molecule has 0 unspecified atom stereocenters. The Bertz CT molecular complexity index is 878. The number of aromatic nitrogens is 2. The van der Waals surface area contributed by atoms with Gasteiger partial charge in [-0.2, -0.15) is 10.4 Å². The van der Waals surface area contributed by atoms with Gasteiger partial charge in [-0.1, -0.05) is 25.3 Å². The lowest BCUT2D eigenvalue weighted by Crippen LogP contribution is -2.31. The van der Waals surface area contributed by atoms with Crippen LogP contribution in [-0.4, -0.2) is 21.7 Å². The second-order valence-electron chi connectivity index (χ2n) is 6.43. The maximum Gasteiger partial charge on any atom is 0.267 e. The number of carbonyl (C=O) groups is 1. The Morgan fingerprint density at radius 2 is 2.04 bits per heavy atom. The molecule has 1 saturated carbocycles. The van der Waals surface area contributed by atoms with Gasteiger partial charge in [0.2, 0.25) is 5.91 Å². The zero-order chi connectivity index (χ0) is 18.4. The van der Waals surface area contributed by atoms with Gasteiger partial charge in [0, 0.05) is 17.8 Å². The van der Waals surface area contributed by atoms with Crippen molar-refractivity contribution in [3.8, 4) is 6.07 Å². The molecule has 2 N–H and O–H groups in total. The fourth-order valence-corrected chi connectivity index (χ4v) is 3.10. The second-order valence-corrected chi connectivity index (χ2v) is 6.43. The van der Waals surface area contributed by atoms with Crippen LogP contribution in [-0.2, 0) is 11.3 Å². The molecule has 1 fully saturated rings. The molecule has 1 aromatic heterocycles. The fraction of sp³-hybridized carbons (Fsp3) is 0.368. The Balaban J connectivity index is 1.66. The first-order valence-electron chi connectivity index (χ1n) is 8.79. The molecular weight excluding hydrogens is 330 g/mol. The van der Waals surface area contributed by atoms with Gasteiger partial charge in [-0.15, -0.1) is 0 Å². The maximum atomic E-state index is 12.2. The third-order valence-electron chi connectivity index (χ3n) is 4.39. The third-order valence-corrected chi connectivity index (χ3v) is 4.39. The number of anilines is 2. The van der Waals surface area contributed by atoms with Crippen molar-refractivity contribution in [2.24, 2.45) is 0 Å². The monoisotopic (exact) mass is 351 g/mol. The van der Waals surface area contributed by atoms with Crippen molar-refractivity contribution < 1.29 is 4.79 Å². The predicted octanol–water partition coefficient (Wildman–Crippen LogP) is 2.50. The van der Waals surface area contributed by atoms with E-state index in [0.29, 0.717) is 23.1 Å². The van der Waals surface area contributed by atoms with Gasteiger partial charge in [0.15, 0.2) is 0 Å². The van der Waals surface area contributed by atoms with Crippen LogP contribution < -0.4 is 16.2 Å². The average Bonchev–Trinajstić information content (AvgIpc) is 2.65. The molecule has 0 radical (unpaired) electrons. The van der Waals surface area contributed by atoms with Crippen LogP contribution in [0.25, 0.3) is 0 Å². The number of hydrogen-bond acceptors (Lipinski definition) is 5. The molecule has 0 atom stereocenters. The van der Waals surface area contributed by atoms with Crippen molar-refractivity contribution in [1.29, 1.82) is 5.26 Å². The lowest BCUT2D eigenvalue weighted by molar-refractivity contribution is -0.117. The molecule has 7 heteroatoms. The van der Waals surface area contributed by atoms with E-state index in [1.54, 1.807) is 30.3 Å². The van der Waals surface area contributed by atoms with Gasteiger partial charge in [-0.05, 0) is 37.1 Å². The Hall–Kier alpha value is -3.14. The van der Waals surface area contributed by atoms with Crippen LogP contribution in [0.3, 0.4) is 0 Å². The summed E-state index contributed by atoms with van der Waals surface area (Å²) in [6, 6.07) is 12.1. The van der Waals surface area contributed by atoms with Gasteiger partial charge < -0.3 is 10.6 Å². The summed E-state index contributed by atoms with van der Waals surface area (Å²) < 4.78 is 1.15. The molecule has 1 heterocycles. The van der Waals surface area contributed by atoms with Crippen molar-refractivity contribution in [3.05, 3.63) is 52.3 Å². The standard InChI is InChI=1S/C19H21N5O2/c20-12-14-5-4-8-16(11-14)22-18(25)13-24-19(26)10-9-17(23-24)21-15-6-2-1-3-7-15/h4-5,8-11,15H,1-3,6-7,13H2,(H,21,23)(H,22,25). The molecule has 0 aliphatic heterocycles. The fourth-order valence-electron chi connectivity index (χ4n) is 3.10. The molecule has 3 rings (SSSR count). The van der Waals surface area contributed by atoms with Gasteiger partial charge in [-0.25, -0.2) is 4.68 Å². The molecule has 134 valence electrons. The highest BCUT2D eigenvalue weighted by Gasteiger charge is 2.14. The highest BCUT2D eigenvalue weighted by atomic mass is 16.2. The van der Waals surface area contributed by atoms with E-state index < -0.39 is 0 Å². The lowest BCUT2D eigenvalue weighted by Gasteiger charge is -2.23. The van der Waals surface area contributed by atoms with E-state index in [1.165, 1.54) is 25.3 Å². The number of nitrogens with zero attached hydrogens (tertiary/aromatic N) is 3. The van der Waals surface area contributed by atoms with E-state index in [-0.39, 0.29) is 18.0 Å². The second kappa shape index (κ2) is 8.30. The first-order chi connectivity index (χ1) is 12.6. The number of carbonyl (C=O) groups excluding carboxylic acids is 1. The molecule has 0 bridgehead atoms. The number of rotatable bonds is 5. The van der Waals surface area contributed by atoms with E-state index in [1.807, 2.05) is 6.07 Å². The minimum Gasteiger partial charge on any atom is -0.366 e. The molecule has 1 aliphatic rings. The summed E-state index contributed by atoms with van der Waals surface area (Å²) in [4.78, 5) is 24.2. The van der Waals surface area contributed by atoms with Gasteiger partial charge >= 0.3 is 0 Å². The van der Waals surface area contributed by atoms with Crippen molar-refractivity contribution in [2.45, 2.75) is 44.7 Å². The van der Waals surface area contributed by atoms with Crippen molar-refractivity contribution in [2.75, 3.05) is 10.6 Å². The number of nitrogens with one attached hydrogen (secondary N) is 2. The number of nitriles is 1. The number of hydrogen-bond donors (Lipinski definition) is 2. The van der Waals surface area contributed by atoms with Crippen molar-refractivity contribution in [3.63, 3.8) is 0 Å². The van der Waals surface area contributed by atoms with E-state index in [9.17, 15) is 9.59 Å². The van der Waals surface area contributed by atoms with Gasteiger partial charge in [0.05, 0.1) is 11.6 Å². The van der Waals surface area contributed by atoms with E-state index in [2.05, 4.69) is 15.7 Å². The molecule has 1 aliphatic carbocycles. The lowest BCUT2D eigenvalue weighted by atomic mass is 9.95. The van der Waals surface area contributed by atoms with Gasteiger partial charge in [-0.3, -0.25) is 9.59 Å². The third kappa shape index (κ3) is 4.70. The molecular formula is C19H21N5O2. The topological polar surface area (TPSA) is 99.8 Å². The van der Waals surface area contributed by atoms with Crippen molar-refractivity contribution >= 4 is 17.4 Å². The first kappa shape index (κ1) is 17.7. The Kier molecular flexibility index (Phi) is 5.64. The van der Waals surface area contributed by atoms with Gasteiger partial charge in [0.1, 0.15) is 12.4 Å². The summed E-state index contributed by atoms with van der Waals surface area (Å²) >= 11 is 0. The highest BCUT2D eigenvalue weighted by molar-refractivity contribution is 5.90. The van der Waals surface area contributed by atoms with E-state index >= 15 is 0 Å². The summed E-state index contributed by atoms with van der Waals surface area (Å²) in [5, 5.41) is 19.2. The van der Waals surface area contributed by atoms with Gasteiger partial charge in [0.25, 0.3) is 5.56 Å². The first-order valence-corrected chi connectivity index (χ1v) is 8.79. The molecule has 0 spiro atoms. The summed E-state index contributed by atoms with van der Waals surface area (Å²) in [5.74, 6) is 0.236. The molecule has 1 aromatic carbocycles. The molecule has 1 amide bonds. The molecule has 2 aromatic rings. The highest BCUT2D eigenvalue weighted by Crippen LogP contribution is 2.20. The Morgan fingerprint density at radius 3 is 2.81 bits per heavy atom. The SMILES string of the molecule is N#Cc1cccc(NC(=O)Cn2nc(NC3CCCCC3)ccc2=O)c1. The quantitative estimate of drug-likeness (QED) is 0.862. The molecule has 7 nitrogen and oxygen atoms in total. The number of amides is 1. The van der Waals surface area contributed by atoms with Crippen LogP contribution in [0, 0.1) is 11.3 Å².